The van der Waals surface area contributed by atoms with Gasteiger partial charge in [-0.15, -0.1) is 29.1 Å². The fourth-order valence-corrected chi connectivity index (χ4v) is 7.17. The Morgan fingerprint density at radius 3 is 2.06 bits per heavy atom. The number of hydrogen-bond donors (Lipinski definition) is 1. The molecule has 1 N–H and O–H groups in total. The van der Waals surface area contributed by atoms with E-state index in [4.69, 9.17) is 9.40 Å². The number of nitrogens with zero attached hydrogens (tertiary/aromatic N) is 1. The second-order valence-electron chi connectivity index (χ2n) is 17.0. The number of benzene rings is 4. The third-order valence-electron chi connectivity index (χ3n) is 11.7. The minimum absolute atomic E-state index is 0. The number of hydrogen-bond acceptors (Lipinski definition) is 4. The van der Waals surface area contributed by atoms with Crippen LogP contribution in [0.3, 0.4) is 0 Å². The maximum Gasteiger partial charge on any atom is 0.164 e. The van der Waals surface area contributed by atoms with Crippen LogP contribution in [-0.2, 0) is 36.7 Å². The van der Waals surface area contributed by atoms with Gasteiger partial charge in [-0.25, -0.2) is 0 Å². The number of aryl methyl sites for hydroxylation is 1. The van der Waals surface area contributed by atoms with Crippen molar-refractivity contribution in [2.75, 3.05) is 0 Å². The van der Waals surface area contributed by atoms with Gasteiger partial charge in [0, 0.05) is 58.9 Å². The Morgan fingerprint density at radius 2 is 1.44 bits per heavy atom. The number of rotatable bonds is 10. The summed E-state index contributed by atoms with van der Waals surface area (Å²) in [5.74, 6) is 0.831. The summed E-state index contributed by atoms with van der Waals surface area (Å²) in [5, 5.41) is 15.8. The van der Waals surface area contributed by atoms with Gasteiger partial charge in [-0.1, -0.05) is 135 Å². The van der Waals surface area contributed by atoms with Gasteiger partial charge in [0.2, 0.25) is 0 Å². The Labute approximate surface area is 337 Å². The molecule has 2 aromatic heterocycles. The van der Waals surface area contributed by atoms with E-state index in [2.05, 4.69) is 114 Å². The molecule has 6 rings (SSSR count). The summed E-state index contributed by atoms with van der Waals surface area (Å²) in [5.41, 5.74) is 7.95. The second-order valence-corrected chi connectivity index (χ2v) is 17.0. The Morgan fingerprint density at radius 1 is 0.815 bits per heavy atom. The van der Waals surface area contributed by atoms with E-state index in [0.717, 1.165) is 81.6 Å². The SMILES string of the molecule is CCC(C)(CC)C(=O)/C=C(\O)C(C)(CC)CC.Cc1ccc2nc(-c3[c-]c4ccccc4c(C(C)(C)C)c3)c3c4cccc(CC(C)C)c4oc3c2c1.[Ir]. The van der Waals surface area contributed by atoms with Crippen LogP contribution in [-0.4, -0.2) is 15.9 Å². The summed E-state index contributed by atoms with van der Waals surface area (Å²) >= 11 is 0. The van der Waals surface area contributed by atoms with E-state index in [-0.39, 0.29) is 47.9 Å². The molecule has 0 fully saturated rings. The van der Waals surface area contributed by atoms with Crippen molar-refractivity contribution in [2.45, 2.75) is 121 Å². The van der Waals surface area contributed by atoms with Gasteiger partial charge in [-0.2, -0.15) is 0 Å². The maximum absolute atomic E-state index is 12.2. The molecule has 0 unspecified atom stereocenters. The van der Waals surface area contributed by atoms with Gasteiger partial charge in [0.05, 0.1) is 5.52 Å². The zero-order valence-electron chi connectivity index (χ0n) is 34.6. The molecular weight excluding hydrogens is 843 g/mol. The van der Waals surface area contributed by atoms with E-state index in [0.29, 0.717) is 5.92 Å². The number of aliphatic hydroxyl groups is 1. The molecule has 54 heavy (non-hydrogen) atoms. The van der Waals surface area contributed by atoms with E-state index in [1.54, 1.807) is 0 Å². The molecule has 4 nitrogen and oxygen atoms in total. The Balaban J connectivity index is 0.000000309. The number of carbonyl (C=O) groups excluding carboxylic acids is 1. The number of aromatic nitrogens is 1. The zero-order valence-corrected chi connectivity index (χ0v) is 37.0. The third kappa shape index (κ3) is 8.53. The van der Waals surface area contributed by atoms with Crippen molar-refractivity contribution >= 4 is 49.4 Å². The second kappa shape index (κ2) is 16.9. The molecule has 0 atom stereocenters. The van der Waals surface area contributed by atoms with E-state index in [9.17, 15) is 9.90 Å². The number of aliphatic hydroxyl groups excluding tert-OH is 1. The summed E-state index contributed by atoms with van der Waals surface area (Å²) in [4.78, 5) is 17.4. The molecule has 2 heterocycles. The summed E-state index contributed by atoms with van der Waals surface area (Å²) in [6.45, 7) is 25.5. The molecule has 0 aliphatic heterocycles. The predicted octanol–water partition coefficient (Wildman–Crippen LogP) is 14.2. The van der Waals surface area contributed by atoms with Crippen LogP contribution in [0, 0.1) is 29.7 Å². The molecule has 0 spiro atoms. The van der Waals surface area contributed by atoms with E-state index in [1.807, 2.05) is 41.5 Å². The molecule has 0 bridgehead atoms. The van der Waals surface area contributed by atoms with Crippen molar-refractivity contribution < 1.29 is 34.4 Å². The van der Waals surface area contributed by atoms with Crippen LogP contribution in [0.5, 0.6) is 0 Å². The predicted molar refractivity (Wildman–Crippen MR) is 226 cm³/mol. The Kier molecular flexibility index (Phi) is 13.5. The number of pyridine rings is 1. The van der Waals surface area contributed by atoms with Crippen molar-refractivity contribution in [3.05, 3.63) is 101 Å². The quantitative estimate of drug-likeness (QED) is 0.0845. The van der Waals surface area contributed by atoms with Crippen LogP contribution in [0.2, 0.25) is 0 Å². The summed E-state index contributed by atoms with van der Waals surface area (Å²) < 4.78 is 6.75. The van der Waals surface area contributed by atoms with Gasteiger partial charge in [0.25, 0.3) is 0 Å². The molecule has 289 valence electrons. The van der Waals surface area contributed by atoms with Crippen molar-refractivity contribution in [2.24, 2.45) is 16.7 Å². The third-order valence-corrected chi connectivity index (χ3v) is 11.7. The smallest absolute Gasteiger partial charge is 0.164 e. The van der Waals surface area contributed by atoms with E-state index < -0.39 is 0 Å². The van der Waals surface area contributed by atoms with Gasteiger partial charge < -0.3 is 9.52 Å². The van der Waals surface area contributed by atoms with Gasteiger partial charge in [0.1, 0.15) is 16.9 Å². The summed E-state index contributed by atoms with van der Waals surface area (Å²) in [7, 11) is 0. The van der Waals surface area contributed by atoms with Crippen LogP contribution in [0.15, 0.2) is 83.0 Å². The van der Waals surface area contributed by atoms with Gasteiger partial charge >= 0.3 is 0 Å². The normalized spacial score (nSPS) is 12.7. The Bertz CT molecular complexity index is 2290. The van der Waals surface area contributed by atoms with Crippen LogP contribution in [0.25, 0.3) is 54.9 Å². The van der Waals surface area contributed by atoms with Crippen molar-refractivity contribution in [1.82, 2.24) is 4.98 Å². The molecule has 6 aromatic rings. The summed E-state index contributed by atoms with van der Waals surface area (Å²) in [6, 6.07) is 27.6. The van der Waals surface area contributed by atoms with Crippen molar-refractivity contribution in [3.8, 4) is 11.3 Å². The van der Waals surface area contributed by atoms with Crippen molar-refractivity contribution in [3.63, 3.8) is 0 Å². The van der Waals surface area contributed by atoms with Crippen LogP contribution < -0.4 is 0 Å². The fourth-order valence-electron chi connectivity index (χ4n) is 7.17. The maximum atomic E-state index is 12.2. The number of ketones is 1. The number of allylic oxidation sites excluding steroid dienone is 2. The first-order valence-electron chi connectivity index (χ1n) is 19.7. The van der Waals surface area contributed by atoms with E-state index in [1.165, 1.54) is 28.2 Å². The number of furan rings is 1. The fraction of sp³-hybridized carbons (Fsp3) is 0.429. The van der Waals surface area contributed by atoms with Gasteiger partial charge in [-0.05, 0) is 68.1 Å². The van der Waals surface area contributed by atoms with Crippen molar-refractivity contribution in [1.29, 1.82) is 0 Å². The topological polar surface area (TPSA) is 63.3 Å². The number of para-hydroxylation sites is 1. The largest absolute Gasteiger partial charge is 0.512 e. The average molecular weight is 903 g/mol. The zero-order chi connectivity index (χ0) is 38.9. The number of fused-ring (bicyclic) bond motifs is 6. The molecule has 1 radical (unpaired) electrons. The average Bonchev–Trinajstić information content (AvgIpc) is 3.54. The molecule has 0 saturated heterocycles. The first-order valence-corrected chi connectivity index (χ1v) is 19.7. The van der Waals surface area contributed by atoms with Crippen LogP contribution >= 0.6 is 0 Å². The Hall–Kier alpha value is -3.79. The minimum Gasteiger partial charge on any atom is -0.512 e. The minimum atomic E-state index is -0.337. The van der Waals surface area contributed by atoms with E-state index >= 15 is 0 Å². The molecular formula is C49H60IrNO3-. The molecule has 5 heteroatoms. The molecule has 4 aromatic carbocycles. The molecule has 0 aliphatic carbocycles. The monoisotopic (exact) mass is 903 g/mol. The molecule has 0 amide bonds. The number of carbonyl (C=O) groups is 1. The first-order chi connectivity index (χ1) is 25.0. The molecule has 0 aliphatic rings. The van der Waals surface area contributed by atoms with Gasteiger partial charge in [-0.3, -0.25) is 9.78 Å². The van der Waals surface area contributed by atoms with Crippen LogP contribution in [0.4, 0.5) is 0 Å². The first kappa shape index (κ1) is 42.9. The van der Waals surface area contributed by atoms with Crippen LogP contribution in [0.1, 0.15) is 119 Å². The summed E-state index contributed by atoms with van der Waals surface area (Å²) in [6.07, 6.45) is 5.73. The standard InChI is InChI=1S/C34H32NO.C15H28O2.Ir/c1-20(2)16-23-11-9-13-26-30-31(35-29-15-14-21(3)17-27(29)33(30)36-32(23)26)24-18-22-10-7-8-12-25(22)28(19-24)34(4,5)6;1-7-14(5,8-2)12(16)11-13(17)15(6,9-3)10-4;/h7-15,17,19-20H,16H2,1-6H3;11,16H,7-10H2,1-6H3;/q-1;;/b;12-11-;. The molecule has 0 saturated carbocycles. The van der Waals surface area contributed by atoms with Gasteiger partial charge in [0.15, 0.2) is 5.78 Å².